The third-order valence-corrected chi connectivity index (χ3v) is 6.06. The van der Waals surface area contributed by atoms with E-state index in [4.69, 9.17) is 4.52 Å². The van der Waals surface area contributed by atoms with E-state index in [1.54, 1.807) is 6.20 Å². The highest BCUT2D eigenvalue weighted by Crippen LogP contribution is 2.27. The van der Waals surface area contributed by atoms with E-state index in [9.17, 15) is 0 Å². The lowest BCUT2D eigenvalue weighted by molar-refractivity contribution is 0.313. The largest absolute Gasteiger partial charge is 0.369 e. The second-order valence-corrected chi connectivity index (χ2v) is 8.29. The van der Waals surface area contributed by atoms with Crippen molar-refractivity contribution in [1.29, 1.82) is 0 Å². The van der Waals surface area contributed by atoms with Crippen molar-refractivity contribution < 1.29 is 4.52 Å². The summed E-state index contributed by atoms with van der Waals surface area (Å²) in [5.41, 5.74) is 5.55. The van der Waals surface area contributed by atoms with E-state index in [1.165, 1.54) is 5.69 Å². The molecule has 0 spiro atoms. The Labute approximate surface area is 227 Å². The molecule has 0 amide bonds. The number of benzene rings is 2. The number of nitrogens with zero attached hydrogens (tertiary/aromatic N) is 6. The Morgan fingerprint density at radius 1 is 0.833 bits per heavy atom. The molecular formula is C25H26Cl3N7O. The van der Waals surface area contributed by atoms with Gasteiger partial charge in [0.1, 0.15) is 5.69 Å². The number of halogens is 3. The minimum absolute atomic E-state index is 0. The molecule has 0 bridgehead atoms. The van der Waals surface area contributed by atoms with Crippen LogP contribution in [0.4, 0.5) is 5.69 Å². The summed E-state index contributed by atoms with van der Waals surface area (Å²) >= 11 is 0. The smallest absolute Gasteiger partial charge is 0.258 e. The highest BCUT2D eigenvalue weighted by molar-refractivity contribution is 5.86. The number of fused-ring (bicyclic) bond motifs is 1. The summed E-state index contributed by atoms with van der Waals surface area (Å²) in [7, 11) is 2.16. The zero-order valence-corrected chi connectivity index (χ0v) is 21.9. The van der Waals surface area contributed by atoms with E-state index in [-0.39, 0.29) is 37.2 Å². The normalized spacial score (nSPS) is 13.5. The zero-order valence-electron chi connectivity index (χ0n) is 19.5. The number of aromatic amines is 1. The molecule has 1 saturated heterocycles. The Balaban J connectivity index is 0.00000120. The van der Waals surface area contributed by atoms with Crippen LogP contribution in [0.15, 0.2) is 71.4 Å². The van der Waals surface area contributed by atoms with Gasteiger partial charge in [-0.3, -0.25) is 4.98 Å². The third kappa shape index (κ3) is 5.47. The fraction of sp³-hybridized carbons (Fsp3) is 0.200. The fourth-order valence-corrected chi connectivity index (χ4v) is 4.11. The van der Waals surface area contributed by atoms with Gasteiger partial charge in [-0.2, -0.15) is 4.98 Å². The summed E-state index contributed by atoms with van der Waals surface area (Å²) in [4.78, 5) is 21.7. The summed E-state index contributed by atoms with van der Waals surface area (Å²) in [5, 5.41) is 4.21. The van der Waals surface area contributed by atoms with Crippen molar-refractivity contribution in [2.45, 2.75) is 0 Å². The topological polar surface area (TPSA) is 87.0 Å². The summed E-state index contributed by atoms with van der Waals surface area (Å²) < 4.78 is 5.58. The van der Waals surface area contributed by atoms with E-state index in [0.717, 1.165) is 59.9 Å². The Morgan fingerprint density at radius 3 is 2.31 bits per heavy atom. The van der Waals surface area contributed by atoms with E-state index in [0.29, 0.717) is 11.7 Å². The molecule has 0 aliphatic carbocycles. The molecule has 8 nitrogen and oxygen atoms in total. The first-order valence-corrected chi connectivity index (χ1v) is 11.0. The van der Waals surface area contributed by atoms with Crippen LogP contribution in [0.1, 0.15) is 0 Å². The molecular weight excluding hydrogens is 521 g/mol. The first kappa shape index (κ1) is 27.4. The van der Waals surface area contributed by atoms with Gasteiger partial charge in [-0.15, -0.1) is 37.2 Å². The van der Waals surface area contributed by atoms with Gasteiger partial charge in [-0.05, 0) is 61.6 Å². The van der Waals surface area contributed by atoms with Crippen molar-refractivity contribution in [3.05, 3.63) is 66.9 Å². The number of piperazine rings is 1. The standard InChI is InChI=1S/C25H23N7O.3ClH/c1-31-12-14-32(15-13-31)19-8-5-17(6-9-19)23-29-25(33-30-23)18-7-10-20-22(16-18)28-24(27-20)21-4-2-3-11-26-21;;;/h2-11,16H,12-15H2,1H3,(H,27,28);3*1H. The molecule has 1 aliphatic heterocycles. The Bertz CT molecular complexity index is 1400. The van der Waals surface area contributed by atoms with E-state index in [2.05, 4.69) is 66.2 Å². The Kier molecular flexibility index (Phi) is 8.92. The van der Waals surface area contributed by atoms with Gasteiger partial charge < -0.3 is 19.3 Å². The minimum Gasteiger partial charge on any atom is -0.369 e. The molecule has 0 unspecified atom stereocenters. The minimum atomic E-state index is 0. The van der Waals surface area contributed by atoms with E-state index < -0.39 is 0 Å². The number of imidazole rings is 1. The van der Waals surface area contributed by atoms with Gasteiger partial charge in [0.15, 0.2) is 5.82 Å². The number of aromatic nitrogens is 5. The van der Waals surface area contributed by atoms with Gasteiger partial charge in [0.05, 0.1) is 11.0 Å². The molecule has 6 rings (SSSR count). The maximum Gasteiger partial charge on any atom is 0.258 e. The number of rotatable bonds is 4. The molecule has 11 heteroatoms. The van der Waals surface area contributed by atoms with Gasteiger partial charge in [0.25, 0.3) is 5.89 Å². The average Bonchev–Trinajstić information content (AvgIpc) is 3.52. The predicted molar refractivity (Wildman–Crippen MR) is 150 cm³/mol. The van der Waals surface area contributed by atoms with Crippen molar-refractivity contribution in [2.24, 2.45) is 0 Å². The van der Waals surface area contributed by atoms with Crippen LogP contribution in [0.3, 0.4) is 0 Å². The molecule has 1 aliphatic rings. The molecule has 3 aromatic heterocycles. The van der Waals surface area contributed by atoms with Crippen LogP contribution >= 0.6 is 37.2 Å². The van der Waals surface area contributed by atoms with Crippen LogP contribution in [-0.2, 0) is 0 Å². The number of hydrogen-bond acceptors (Lipinski definition) is 7. The monoisotopic (exact) mass is 545 g/mol. The summed E-state index contributed by atoms with van der Waals surface area (Å²) in [6.07, 6.45) is 1.76. The van der Waals surface area contributed by atoms with Gasteiger partial charge in [0, 0.05) is 49.2 Å². The van der Waals surface area contributed by atoms with Crippen molar-refractivity contribution in [3.63, 3.8) is 0 Å². The Hall–Kier alpha value is -3.17. The van der Waals surface area contributed by atoms with Crippen LogP contribution in [0, 0.1) is 0 Å². The predicted octanol–water partition coefficient (Wildman–Crippen LogP) is 5.36. The average molecular weight is 547 g/mol. The maximum absolute atomic E-state index is 5.58. The van der Waals surface area contributed by atoms with Gasteiger partial charge in [0.2, 0.25) is 5.82 Å². The number of hydrogen-bond donors (Lipinski definition) is 1. The van der Waals surface area contributed by atoms with Crippen LogP contribution in [0.2, 0.25) is 0 Å². The molecule has 0 saturated carbocycles. The lowest BCUT2D eigenvalue weighted by Gasteiger charge is -2.34. The third-order valence-electron chi connectivity index (χ3n) is 6.06. The molecule has 36 heavy (non-hydrogen) atoms. The second kappa shape index (κ2) is 11.7. The molecule has 4 heterocycles. The van der Waals surface area contributed by atoms with Crippen molar-refractivity contribution in [1.82, 2.24) is 30.0 Å². The molecule has 5 aromatic rings. The quantitative estimate of drug-likeness (QED) is 0.325. The fourth-order valence-electron chi connectivity index (χ4n) is 4.11. The zero-order chi connectivity index (χ0) is 22.2. The van der Waals surface area contributed by atoms with Crippen molar-refractivity contribution in [2.75, 3.05) is 38.1 Å². The van der Waals surface area contributed by atoms with Crippen molar-refractivity contribution in [3.8, 4) is 34.4 Å². The first-order chi connectivity index (χ1) is 16.2. The molecule has 188 valence electrons. The van der Waals surface area contributed by atoms with Crippen LogP contribution in [0.5, 0.6) is 0 Å². The molecule has 1 fully saturated rings. The van der Waals surface area contributed by atoms with E-state index in [1.807, 2.05) is 36.4 Å². The van der Waals surface area contributed by atoms with Gasteiger partial charge >= 0.3 is 0 Å². The SMILES string of the molecule is CN1CCN(c2ccc(-c3noc(-c4ccc5nc(-c6ccccn6)[nH]c5c4)n3)cc2)CC1.Cl.Cl.Cl. The number of nitrogens with one attached hydrogen (secondary N) is 1. The highest BCUT2D eigenvalue weighted by atomic mass is 35.5. The van der Waals surface area contributed by atoms with Crippen LogP contribution in [-0.4, -0.2) is 63.2 Å². The van der Waals surface area contributed by atoms with Gasteiger partial charge in [-0.1, -0.05) is 11.2 Å². The van der Waals surface area contributed by atoms with Crippen LogP contribution < -0.4 is 4.90 Å². The van der Waals surface area contributed by atoms with Crippen molar-refractivity contribution >= 4 is 53.9 Å². The molecule has 0 radical (unpaired) electrons. The lowest BCUT2D eigenvalue weighted by Crippen LogP contribution is -2.44. The number of anilines is 1. The Morgan fingerprint density at radius 2 is 1.58 bits per heavy atom. The number of pyridine rings is 1. The number of H-pyrrole nitrogens is 1. The molecule has 2 aromatic carbocycles. The summed E-state index contributed by atoms with van der Waals surface area (Å²) in [5.74, 6) is 1.78. The van der Waals surface area contributed by atoms with Crippen LogP contribution in [0.25, 0.3) is 45.4 Å². The van der Waals surface area contributed by atoms with E-state index >= 15 is 0 Å². The summed E-state index contributed by atoms with van der Waals surface area (Å²) in [6.45, 7) is 4.25. The molecule has 0 atom stereocenters. The number of likely N-dealkylation sites (N-methyl/N-ethyl adjacent to an activating group) is 1. The van der Waals surface area contributed by atoms with Gasteiger partial charge in [-0.25, -0.2) is 4.98 Å². The summed E-state index contributed by atoms with van der Waals surface area (Å²) in [6, 6.07) is 20.0. The first-order valence-electron chi connectivity index (χ1n) is 11.0. The highest BCUT2D eigenvalue weighted by Gasteiger charge is 2.16. The molecule has 1 N–H and O–H groups in total. The second-order valence-electron chi connectivity index (χ2n) is 8.29. The maximum atomic E-state index is 5.58. The lowest BCUT2D eigenvalue weighted by atomic mass is 10.1.